The van der Waals surface area contributed by atoms with Crippen LogP contribution < -0.4 is 20.9 Å². The van der Waals surface area contributed by atoms with E-state index in [-0.39, 0.29) is 17.6 Å². The van der Waals surface area contributed by atoms with Gasteiger partial charge in [-0.15, -0.1) is 0 Å². The van der Waals surface area contributed by atoms with Crippen molar-refractivity contribution in [2.24, 2.45) is 5.41 Å². The highest BCUT2D eigenvalue weighted by atomic mass is 16.2. The first-order valence-electron chi connectivity index (χ1n) is 7.73. The smallest absolute Gasteiger partial charge is 0.245 e. The van der Waals surface area contributed by atoms with Gasteiger partial charge in [0.25, 0.3) is 0 Å². The molecule has 2 N–H and O–H groups in total. The highest BCUT2D eigenvalue weighted by Gasteiger charge is 2.38. The predicted octanol–water partition coefficient (Wildman–Crippen LogP) is 3.51. The fraction of sp³-hybridized carbons (Fsp3) is 0.278. The Labute approximate surface area is 136 Å². The number of benzene rings is 2. The van der Waals surface area contributed by atoms with E-state index < -0.39 is 0 Å². The summed E-state index contributed by atoms with van der Waals surface area (Å²) >= 11 is 0. The Kier molecular flexibility index (Phi) is 4.07. The number of carbonyl (C=O) groups excluding carboxylic acids is 1. The van der Waals surface area contributed by atoms with E-state index in [9.17, 15) is 4.79 Å². The van der Waals surface area contributed by atoms with Crippen LogP contribution in [0.15, 0.2) is 60.7 Å². The molecule has 5 heteroatoms. The summed E-state index contributed by atoms with van der Waals surface area (Å²) in [4.78, 5) is 12.9. The van der Waals surface area contributed by atoms with Crippen molar-refractivity contribution in [1.82, 2.24) is 10.9 Å². The van der Waals surface area contributed by atoms with Gasteiger partial charge < -0.3 is 0 Å². The van der Waals surface area contributed by atoms with Crippen molar-refractivity contribution in [3.63, 3.8) is 0 Å². The lowest BCUT2D eigenvalue weighted by molar-refractivity contribution is 0.184. The number of rotatable bonds is 2. The number of hydrogen-bond donors (Lipinski definition) is 2. The summed E-state index contributed by atoms with van der Waals surface area (Å²) in [5.41, 5.74) is 8.13. The molecule has 23 heavy (non-hydrogen) atoms. The van der Waals surface area contributed by atoms with Crippen LogP contribution in [0, 0.1) is 5.41 Å². The number of hydrogen-bond acceptors (Lipinski definition) is 3. The van der Waals surface area contributed by atoms with E-state index in [0.717, 1.165) is 11.4 Å². The van der Waals surface area contributed by atoms with Gasteiger partial charge >= 0.3 is 6.03 Å². The minimum absolute atomic E-state index is 0.0826. The Morgan fingerprint density at radius 1 is 0.783 bits per heavy atom. The molecule has 0 unspecified atom stereocenters. The van der Waals surface area contributed by atoms with Crippen LogP contribution in [0.4, 0.5) is 16.2 Å². The van der Waals surface area contributed by atoms with Crippen molar-refractivity contribution < 1.29 is 4.79 Å². The normalized spacial score (nSPS) is 16.7. The molecule has 0 atom stereocenters. The molecule has 0 aromatic heterocycles. The first-order valence-corrected chi connectivity index (χ1v) is 7.73. The average Bonchev–Trinajstić information content (AvgIpc) is 2.55. The lowest BCUT2D eigenvalue weighted by atomic mass is 9.93. The molecule has 1 heterocycles. The van der Waals surface area contributed by atoms with Gasteiger partial charge in [-0.05, 0) is 29.7 Å². The van der Waals surface area contributed by atoms with Gasteiger partial charge in [-0.25, -0.2) is 25.7 Å². The summed E-state index contributed by atoms with van der Waals surface area (Å²) in [7, 11) is 0. The molecule has 2 amide bonds. The molecule has 3 rings (SSSR count). The molecule has 0 spiro atoms. The third-order valence-electron chi connectivity index (χ3n) is 3.79. The zero-order chi connectivity index (χ0) is 16.4. The quantitative estimate of drug-likeness (QED) is 0.892. The van der Waals surface area contributed by atoms with E-state index >= 15 is 0 Å². The lowest BCUT2D eigenvalue weighted by Gasteiger charge is -2.45. The Hall–Kier alpha value is -2.37. The van der Waals surface area contributed by atoms with Crippen LogP contribution in [0.1, 0.15) is 20.8 Å². The molecule has 1 fully saturated rings. The van der Waals surface area contributed by atoms with Gasteiger partial charge in [0, 0.05) is 0 Å². The monoisotopic (exact) mass is 310 g/mol. The number of anilines is 2. The van der Waals surface area contributed by atoms with Crippen LogP contribution in [0.5, 0.6) is 0 Å². The van der Waals surface area contributed by atoms with E-state index in [1.165, 1.54) is 0 Å². The fourth-order valence-electron chi connectivity index (χ4n) is 2.41. The van der Waals surface area contributed by atoms with Crippen LogP contribution in [0.3, 0.4) is 0 Å². The number of urea groups is 1. The largest absolute Gasteiger partial charge is 0.358 e. The topological polar surface area (TPSA) is 47.6 Å². The number of nitrogens with zero attached hydrogens (tertiary/aromatic N) is 2. The molecule has 1 aliphatic rings. The average molecular weight is 310 g/mol. The first-order chi connectivity index (χ1) is 11.0. The van der Waals surface area contributed by atoms with Crippen LogP contribution >= 0.6 is 0 Å². The number of nitrogens with one attached hydrogen (secondary N) is 2. The lowest BCUT2D eigenvalue weighted by Crippen LogP contribution is -2.72. The Balaban J connectivity index is 1.98. The van der Waals surface area contributed by atoms with Crippen molar-refractivity contribution in [2.75, 3.05) is 10.0 Å². The summed E-state index contributed by atoms with van der Waals surface area (Å²) in [5.74, 6) is 0. The van der Waals surface area contributed by atoms with Crippen LogP contribution in [-0.2, 0) is 0 Å². The molecule has 0 bridgehead atoms. The van der Waals surface area contributed by atoms with Gasteiger partial charge in [-0.1, -0.05) is 57.2 Å². The van der Waals surface area contributed by atoms with Crippen LogP contribution in [-0.4, -0.2) is 12.2 Å². The second kappa shape index (κ2) is 6.02. The number of carbonyl (C=O) groups is 1. The van der Waals surface area contributed by atoms with E-state index in [0.29, 0.717) is 0 Å². The maximum atomic E-state index is 12.9. The molecule has 2 aromatic rings. The van der Waals surface area contributed by atoms with Crippen molar-refractivity contribution in [3.05, 3.63) is 60.7 Å². The molecule has 0 saturated carbocycles. The van der Waals surface area contributed by atoms with Crippen molar-refractivity contribution in [3.8, 4) is 0 Å². The van der Waals surface area contributed by atoms with Gasteiger partial charge in [0.05, 0.1) is 17.5 Å². The Morgan fingerprint density at radius 2 is 1.17 bits per heavy atom. The minimum atomic E-state index is -0.164. The molecular weight excluding hydrogens is 288 g/mol. The first kappa shape index (κ1) is 15.5. The van der Waals surface area contributed by atoms with Crippen molar-refractivity contribution in [1.29, 1.82) is 0 Å². The van der Waals surface area contributed by atoms with E-state index in [1.807, 2.05) is 60.7 Å². The SMILES string of the molecule is CC(C)(C)C1NN(c2ccccc2)C(=O)N(c2ccccc2)N1. The second-order valence-electron chi connectivity index (χ2n) is 6.68. The van der Waals surface area contributed by atoms with Gasteiger partial charge in [0.15, 0.2) is 0 Å². The maximum absolute atomic E-state index is 12.9. The maximum Gasteiger partial charge on any atom is 0.358 e. The number of hydrazine groups is 2. The van der Waals surface area contributed by atoms with Crippen molar-refractivity contribution >= 4 is 17.4 Å². The third-order valence-corrected chi connectivity index (χ3v) is 3.79. The number of amides is 2. The highest BCUT2D eigenvalue weighted by molar-refractivity contribution is 6.03. The summed E-state index contributed by atoms with van der Waals surface area (Å²) in [5, 5.41) is 3.19. The molecule has 1 aliphatic heterocycles. The second-order valence-corrected chi connectivity index (χ2v) is 6.68. The summed E-state index contributed by atoms with van der Waals surface area (Å²) in [6.45, 7) is 6.37. The van der Waals surface area contributed by atoms with Gasteiger partial charge in [-0.3, -0.25) is 0 Å². The van der Waals surface area contributed by atoms with Crippen LogP contribution in [0.25, 0.3) is 0 Å². The van der Waals surface area contributed by atoms with Gasteiger partial charge in [-0.2, -0.15) is 0 Å². The summed E-state index contributed by atoms with van der Waals surface area (Å²) < 4.78 is 0. The van der Waals surface area contributed by atoms with Gasteiger partial charge in [0.1, 0.15) is 0 Å². The van der Waals surface area contributed by atoms with Crippen LogP contribution in [0.2, 0.25) is 0 Å². The molecule has 1 saturated heterocycles. The molecule has 2 aromatic carbocycles. The third kappa shape index (κ3) is 3.21. The minimum Gasteiger partial charge on any atom is -0.245 e. The summed E-state index contributed by atoms with van der Waals surface area (Å²) in [6.07, 6.45) is -0.0967. The molecular formula is C18H22N4O. The Morgan fingerprint density at radius 3 is 1.52 bits per heavy atom. The molecule has 0 radical (unpaired) electrons. The molecule has 120 valence electrons. The van der Waals surface area contributed by atoms with E-state index in [4.69, 9.17) is 0 Å². The van der Waals surface area contributed by atoms with Gasteiger partial charge in [0.2, 0.25) is 0 Å². The standard InChI is InChI=1S/C18H22N4O/c1-18(2,3)16-19-21(14-10-6-4-7-11-14)17(23)22(20-16)15-12-8-5-9-13-15/h4-13,16,19-20H,1-3H3. The zero-order valence-electron chi connectivity index (χ0n) is 13.7. The predicted molar refractivity (Wildman–Crippen MR) is 92.8 cm³/mol. The molecule has 5 nitrogen and oxygen atoms in total. The highest BCUT2D eigenvalue weighted by Crippen LogP contribution is 2.26. The van der Waals surface area contributed by atoms with E-state index in [2.05, 4.69) is 31.6 Å². The molecule has 0 aliphatic carbocycles. The number of para-hydroxylation sites is 2. The van der Waals surface area contributed by atoms with Crippen molar-refractivity contribution in [2.45, 2.75) is 26.9 Å². The summed E-state index contributed by atoms with van der Waals surface area (Å²) in [6, 6.07) is 19.1. The zero-order valence-corrected chi connectivity index (χ0v) is 13.7. The fourth-order valence-corrected chi connectivity index (χ4v) is 2.41. The van der Waals surface area contributed by atoms with E-state index in [1.54, 1.807) is 10.0 Å². The Bertz CT molecular complexity index is 615.